The van der Waals surface area contributed by atoms with Crippen molar-refractivity contribution in [1.82, 2.24) is 9.97 Å². The molecule has 1 aromatic carbocycles. The van der Waals surface area contributed by atoms with Crippen LogP contribution < -0.4 is 5.73 Å². The molecule has 0 unspecified atom stereocenters. The largest absolute Gasteiger partial charge is 0.399 e. The van der Waals surface area contributed by atoms with Gasteiger partial charge in [-0.05, 0) is 49.9 Å². The molecule has 1 heterocycles. The number of aromatic nitrogens is 2. The fourth-order valence-electron chi connectivity index (χ4n) is 1.36. The van der Waals surface area contributed by atoms with Crippen LogP contribution >= 0.6 is 23.4 Å². The van der Waals surface area contributed by atoms with E-state index < -0.39 is 0 Å². The van der Waals surface area contributed by atoms with Gasteiger partial charge in [0.1, 0.15) is 0 Å². The molecule has 88 valence electrons. The van der Waals surface area contributed by atoms with E-state index in [1.54, 1.807) is 0 Å². The number of nitrogens with zero attached hydrogens (tertiary/aromatic N) is 2. The zero-order chi connectivity index (χ0) is 12.4. The van der Waals surface area contributed by atoms with Crippen molar-refractivity contribution in [3.63, 3.8) is 0 Å². The van der Waals surface area contributed by atoms with Crippen molar-refractivity contribution in [1.29, 1.82) is 0 Å². The summed E-state index contributed by atoms with van der Waals surface area (Å²) in [6.45, 7) is 3.76. The number of nitrogen functional groups attached to an aromatic ring is 1. The van der Waals surface area contributed by atoms with Gasteiger partial charge in [-0.3, -0.25) is 0 Å². The third kappa shape index (κ3) is 2.90. The minimum Gasteiger partial charge on any atom is -0.399 e. The molecule has 2 N–H and O–H groups in total. The molecule has 0 aliphatic carbocycles. The predicted molar refractivity (Wildman–Crippen MR) is 71.5 cm³/mol. The number of rotatable bonds is 2. The highest BCUT2D eigenvalue weighted by Crippen LogP contribution is 2.27. The number of hydrogen-bond acceptors (Lipinski definition) is 4. The zero-order valence-electron chi connectivity index (χ0n) is 9.57. The predicted octanol–water partition coefficient (Wildman–Crippen LogP) is 3.48. The van der Waals surface area contributed by atoms with E-state index in [9.17, 15) is 0 Å². The Hall–Kier alpha value is -1.26. The first-order chi connectivity index (χ1) is 8.06. The molecule has 0 bridgehead atoms. The normalized spacial score (nSPS) is 10.5. The van der Waals surface area contributed by atoms with Gasteiger partial charge in [0.05, 0.1) is 16.4 Å². The summed E-state index contributed by atoms with van der Waals surface area (Å²) in [5.74, 6) is 0. The molecule has 5 heteroatoms. The van der Waals surface area contributed by atoms with Crippen LogP contribution in [0.15, 0.2) is 34.3 Å². The zero-order valence-corrected chi connectivity index (χ0v) is 11.1. The second kappa shape index (κ2) is 4.94. The van der Waals surface area contributed by atoms with Crippen molar-refractivity contribution in [2.24, 2.45) is 0 Å². The van der Waals surface area contributed by atoms with Gasteiger partial charge in [-0.25, -0.2) is 9.97 Å². The van der Waals surface area contributed by atoms with E-state index in [-0.39, 0.29) is 0 Å². The van der Waals surface area contributed by atoms with Crippen molar-refractivity contribution in [3.8, 4) is 0 Å². The second-order valence-corrected chi connectivity index (χ2v) is 5.08. The van der Waals surface area contributed by atoms with Gasteiger partial charge in [0.15, 0.2) is 5.16 Å². The van der Waals surface area contributed by atoms with E-state index in [1.165, 1.54) is 11.8 Å². The Morgan fingerprint density at radius 1 is 1.06 bits per heavy atom. The molecule has 0 saturated heterocycles. The number of nitrogens with two attached hydrogens (primary N) is 1. The Balaban J connectivity index is 2.27. The molecule has 0 saturated carbocycles. The van der Waals surface area contributed by atoms with Gasteiger partial charge in [-0.2, -0.15) is 0 Å². The van der Waals surface area contributed by atoms with Gasteiger partial charge >= 0.3 is 0 Å². The van der Waals surface area contributed by atoms with E-state index >= 15 is 0 Å². The van der Waals surface area contributed by atoms with Crippen molar-refractivity contribution in [3.05, 3.63) is 40.7 Å². The molecule has 0 aliphatic heterocycles. The summed E-state index contributed by atoms with van der Waals surface area (Å²) in [4.78, 5) is 9.74. The first-order valence-electron chi connectivity index (χ1n) is 5.10. The molecule has 0 radical (unpaired) electrons. The van der Waals surface area contributed by atoms with Crippen LogP contribution in [0.2, 0.25) is 5.02 Å². The van der Waals surface area contributed by atoms with E-state index in [2.05, 4.69) is 9.97 Å². The minimum absolute atomic E-state index is 0.631. The van der Waals surface area contributed by atoms with Gasteiger partial charge in [-0.1, -0.05) is 11.6 Å². The molecule has 3 nitrogen and oxygen atoms in total. The molecule has 2 aromatic rings. The van der Waals surface area contributed by atoms with Crippen LogP contribution in [0.25, 0.3) is 0 Å². The van der Waals surface area contributed by atoms with Crippen LogP contribution in [-0.2, 0) is 0 Å². The molecule has 0 aliphatic rings. The van der Waals surface area contributed by atoms with E-state index in [4.69, 9.17) is 17.3 Å². The molecule has 2 rings (SSSR count). The van der Waals surface area contributed by atoms with Gasteiger partial charge in [0, 0.05) is 10.6 Å². The molecular formula is C12H12ClN3S. The van der Waals surface area contributed by atoms with Crippen molar-refractivity contribution >= 4 is 29.1 Å². The number of benzene rings is 1. The highest BCUT2D eigenvalue weighted by Gasteiger charge is 2.07. The molecule has 0 fully saturated rings. The third-order valence-corrected chi connectivity index (χ3v) is 3.67. The Bertz CT molecular complexity index is 517. The maximum absolute atomic E-state index is 6.02. The lowest BCUT2D eigenvalue weighted by Gasteiger charge is -2.05. The van der Waals surface area contributed by atoms with Crippen LogP contribution in [0.4, 0.5) is 5.69 Å². The fraction of sp³-hybridized carbons (Fsp3) is 0.167. The van der Waals surface area contributed by atoms with E-state index in [0.29, 0.717) is 10.2 Å². The summed E-state index contributed by atoms with van der Waals surface area (Å²) in [6, 6.07) is 7.61. The quantitative estimate of drug-likeness (QED) is 0.667. The Labute approximate surface area is 109 Å². The lowest BCUT2D eigenvalue weighted by Crippen LogP contribution is -1.95. The van der Waals surface area contributed by atoms with Crippen LogP contribution in [-0.4, -0.2) is 9.97 Å². The summed E-state index contributed by atoms with van der Waals surface area (Å²) in [5, 5.41) is 1.33. The van der Waals surface area contributed by atoms with Crippen LogP contribution in [0, 0.1) is 13.8 Å². The monoisotopic (exact) mass is 265 g/mol. The summed E-state index contributed by atoms with van der Waals surface area (Å²) in [6.07, 6.45) is 0. The van der Waals surface area contributed by atoms with Gasteiger partial charge in [0.25, 0.3) is 0 Å². The smallest absolute Gasteiger partial charge is 0.192 e. The maximum atomic E-state index is 6.02. The summed E-state index contributed by atoms with van der Waals surface area (Å²) in [7, 11) is 0. The number of anilines is 1. The highest BCUT2D eigenvalue weighted by atomic mass is 35.5. The average molecular weight is 266 g/mol. The molecule has 0 spiro atoms. The Morgan fingerprint density at radius 2 is 1.59 bits per heavy atom. The lowest BCUT2D eigenvalue weighted by atomic mass is 10.3. The number of aryl methyl sites for hydroxylation is 2. The number of hydrogen-bond donors (Lipinski definition) is 1. The number of halogens is 1. The van der Waals surface area contributed by atoms with Crippen LogP contribution in [0.1, 0.15) is 11.4 Å². The Kier molecular flexibility index (Phi) is 3.54. The van der Waals surface area contributed by atoms with Crippen molar-refractivity contribution in [2.45, 2.75) is 23.9 Å². The van der Waals surface area contributed by atoms with Crippen molar-refractivity contribution < 1.29 is 0 Å². The second-order valence-electron chi connectivity index (χ2n) is 3.66. The Morgan fingerprint density at radius 3 is 2.12 bits per heavy atom. The van der Waals surface area contributed by atoms with Gasteiger partial charge in [0.2, 0.25) is 0 Å². The fourth-order valence-corrected chi connectivity index (χ4v) is 2.29. The third-order valence-electron chi connectivity index (χ3n) is 2.25. The first kappa shape index (κ1) is 12.2. The molecule has 17 heavy (non-hydrogen) atoms. The highest BCUT2D eigenvalue weighted by molar-refractivity contribution is 7.99. The first-order valence-corrected chi connectivity index (χ1v) is 6.30. The van der Waals surface area contributed by atoms with E-state index in [0.717, 1.165) is 22.0 Å². The van der Waals surface area contributed by atoms with Gasteiger partial charge < -0.3 is 5.73 Å². The topological polar surface area (TPSA) is 51.8 Å². The summed E-state index contributed by atoms with van der Waals surface area (Å²) in [5.41, 5.74) is 7.98. The average Bonchev–Trinajstić information content (AvgIpc) is 2.29. The van der Waals surface area contributed by atoms with Gasteiger partial charge in [-0.15, -0.1) is 0 Å². The lowest BCUT2D eigenvalue weighted by molar-refractivity contribution is 0.902. The molecule has 0 amide bonds. The molecule has 1 aromatic heterocycles. The summed E-state index contributed by atoms with van der Waals surface area (Å²) < 4.78 is 0. The minimum atomic E-state index is 0.631. The van der Waals surface area contributed by atoms with Crippen LogP contribution in [0.3, 0.4) is 0 Å². The van der Waals surface area contributed by atoms with E-state index in [1.807, 2.05) is 38.1 Å². The SMILES string of the molecule is Cc1nc(Sc2ccc(N)cc2)nc(C)c1Cl. The molecular weight excluding hydrogens is 254 g/mol. The standard InChI is InChI=1S/C12H12ClN3S/c1-7-11(13)8(2)16-12(15-7)17-10-5-3-9(14)4-6-10/h3-6H,14H2,1-2H3. The molecule has 0 atom stereocenters. The maximum Gasteiger partial charge on any atom is 0.192 e. The van der Waals surface area contributed by atoms with Crippen molar-refractivity contribution in [2.75, 3.05) is 5.73 Å². The summed E-state index contributed by atoms with van der Waals surface area (Å²) >= 11 is 7.52. The van der Waals surface area contributed by atoms with Crippen LogP contribution in [0.5, 0.6) is 0 Å².